The molecule has 1 rings (SSSR count). The van der Waals surface area contributed by atoms with Gasteiger partial charge in [0.15, 0.2) is 0 Å². The van der Waals surface area contributed by atoms with Gasteiger partial charge in [-0.2, -0.15) is 0 Å². The molecule has 0 unspecified atom stereocenters. The molecule has 0 heterocycles. The summed E-state index contributed by atoms with van der Waals surface area (Å²) in [5, 5.41) is 3.09. The Kier molecular flexibility index (Phi) is 18.2. The van der Waals surface area contributed by atoms with Gasteiger partial charge in [-0.15, -0.1) is 0 Å². The number of hydrogen-bond donors (Lipinski definition) is 1. The minimum absolute atomic E-state index is 0.226. The van der Waals surface area contributed by atoms with Gasteiger partial charge in [-0.05, 0) is 37.9 Å². The molecule has 0 atom stereocenters. The zero-order valence-corrected chi connectivity index (χ0v) is 21.5. The maximum absolute atomic E-state index is 12.0. The maximum Gasteiger partial charge on any atom is 0.219 e. The number of amides is 1. The first kappa shape index (κ1) is 28.7. The first-order valence-electron chi connectivity index (χ1n) is 13.6. The van der Waals surface area contributed by atoms with Crippen LogP contribution < -0.4 is 5.32 Å². The summed E-state index contributed by atoms with van der Waals surface area (Å²) in [4.78, 5) is 14.3. The van der Waals surface area contributed by atoms with Gasteiger partial charge in [0, 0.05) is 19.5 Å². The quantitative estimate of drug-likeness (QED) is 0.197. The van der Waals surface area contributed by atoms with Crippen LogP contribution in [0.15, 0.2) is 30.3 Å². The minimum Gasteiger partial charge on any atom is -0.356 e. The third-order valence-corrected chi connectivity index (χ3v) is 6.27. The van der Waals surface area contributed by atoms with Crippen molar-refractivity contribution in [2.45, 2.75) is 117 Å². The Labute approximate surface area is 199 Å². The van der Waals surface area contributed by atoms with Gasteiger partial charge in [0.05, 0.1) is 0 Å². The van der Waals surface area contributed by atoms with E-state index >= 15 is 0 Å². The van der Waals surface area contributed by atoms with E-state index in [1.165, 1.54) is 82.6 Å². The summed E-state index contributed by atoms with van der Waals surface area (Å²) in [6.45, 7) is 7.41. The number of unbranched alkanes of at least 4 members (excludes halogenated alkanes) is 11. The highest BCUT2D eigenvalue weighted by Crippen LogP contribution is 2.14. The highest BCUT2D eigenvalue weighted by atomic mass is 16.1. The SMILES string of the molecule is CC(C)CCCCCCCCCCCCCCC(=O)NCCCN(C)Cc1ccccc1. The van der Waals surface area contributed by atoms with E-state index in [0.29, 0.717) is 6.42 Å². The summed E-state index contributed by atoms with van der Waals surface area (Å²) < 4.78 is 0. The van der Waals surface area contributed by atoms with Gasteiger partial charge in [0.1, 0.15) is 0 Å². The van der Waals surface area contributed by atoms with Crippen LogP contribution in [0.2, 0.25) is 0 Å². The molecular formula is C29H52N2O. The number of nitrogens with one attached hydrogen (secondary N) is 1. The number of benzene rings is 1. The van der Waals surface area contributed by atoms with Crippen LogP contribution in [0.5, 0.6) is 0 Å². The van der Waals surface area contributed by atoms with Crippen LogP contribution in [-0.4, -0.2) is 30.9 Å². The van der Waals surface area contributed by atoms with Crippen molar-refractivity contribution in [3.8, 4) is 0 Å². The van der Waals surface area contributed by atoms with Gasteiger partial charge in [0.25, 0.3) is 0 Å². The van der Waals surface area contributed by atoms with Crippen molar-refractivity contribution in [1.29, 1.82) is 0 Å². The largest absolute Gasteiger partial charge is 0.356 e. The van der Waals surface area contributed by atoms with Crippen molar-refractivity contribution in [2.24, 2.45) is 5.92 Å². The first-order valence-corrected chi connectivity index (χ1v) is 13.6. The third kappa shape index (κ3) is 18.2. The van der Waals surface area contributed by atoms with Crippen molar-refractivity contribution in [3.05, 3.63) is 35.9 Å². The van der Waals surface area contributed by atoms with Crippen LogP contribution in [0.4, 0.5) is 0 Å². The summed E-state index contributed by atoms with van der Waals surface area (Å²) in [6, 6.07) is 10.5. The predicted octanol–water partition coefficient (Wildman–Crippen LogP) is 7.74. The lowest BCUT2D eigenvalue weighted by Crippen LogP contribution is -2.27. The number of carbonyl (C=O) groups excluding carboxylic acids is 1. The normalized spacial score (nSPS) is 11.4. The second-order valence-corrected chi connectivity index (χ2v) is 10.1. The summed E-state index contributed by atoms with van der Waals surface area (Å²) in [5.41, 5.74) is 1.34. The van der Waals surface area contributed by atoms with E-state index in [4.69, 9.17) is 0 Å². The van der Waals surface area contributed by atoms with E-state index < -0.39 is 0 Å². The fraction of sp³-hybridized carbons (Fsp3) is 0.759. The molecule has 184 valence electrons. The van der Waals surface area contributed by atoms with E-state index in [-0.39, 0.29) is 5.91 Å². The monoisotopic (exact) mass is 444 g/mol. The lowest BCUT2D eigenvalue weighted by molar-refractivity contribution is -0.121. The Balaban J connectivity index is 1.80. The van der Waals surface area contributed by atoms with Crippen molar-refractivity contribution >= 4 is 5.91 Å². The molecule has 1 amide bonds. The molecular weight excluding hydrogens is 392 g/mol. The Hall–Kier alpha value is -1.35. The van der Waals surface area contributed by atoms with Crippen molar-refractivity contribution in [2.75, 3.05) is 20.1 Å². The number of hydrogen-bond acceptors (Lipinski definition) is 2. The Bertz CT molecular complexity index is 543. The van der Waals surface area contributed by atoms with Crippen molar-refractivity contribution < 1.29 is 4.79 Å². The standard InChI is InChI=1S/C29H52N2O/c1-27(2)20-15-12-10-8-6-4-5-7-9-11-13-18-23-29(32)30-24-19-25-31(3)26-28-21-16-14-17-22-28/h14,16-17,21-22,27H,4-13,15,18-20,23-26H2,1-3H3,(H,30,32). The lowest BCUT2D eigenvalue weighted by atomic mass is 10.0. The summed E-state index contributed by atoms with van der Waals surface area (Å²) in [7, 11) is 2.14. The van der Waals surface area contributed by atoms with Gasteiger partial charge in [-0.25, -0.2) is 0 Å². The molecule has 0 saturated carbocycles. The smallest absolute Gasteiger partial charge is 0.219 e. The van der Waals surface area contributed by atoms with Crippen LogP contribution in [0.3, 0.4) is 0 Å². The fourth-order valence-corrected chi connectivity index (χ4v) is 4.25. The van der Waals surface area contributed by atoms with Crippen LogP contribution >= 0.6 is 0 Å². The van der Waals surface area contributed by atoms with Gasteiger partial charge < -0.3 is 10.2 Å². The second-order valence-electron chi connectivity index (χ2n) is 10.1. The summed E-state index contributed by atoms with van der Waals surface area (Å²) in [5.74, 6) is 1.09. The predicted molar refractivity (Wildman–Crippen MR) is 140 cm³/mol. The molecule has 1 aromatic rings. The summed E-state index contributed by atoms with van der Waals surface area (Å²) in [6.07, 6.45) is 19.3. The molecule has 0 bridgehead atoms. The molecule has 3 nitrogen and oxygen atoms in total. The molecule has 1 N–H and O–H groups in total. The molecule has 0 aliphatic carbocycles. The van der Waals surface area contributed by atoms with Crippen molar-refractivity contribution in [3.63, 3.8) is 0 Å². The average molecular weight is 445 g/mol. The van der Waals surface area contributed by atoms with Gasteiger partial charge >= 0.3 is 0 Å². The molecule has 0 aliphatic heterocycles. The van der Waals surface area contributed by atoms with Gasteiger partial charge in [-0.1, -0.05) is 121 Å². The summed E-state index contributed by atoms with van der Waals surface area (Å²) >= 11 is 0. The molecule has 0 aromatic heterocycles. The highest BCUT2D eigenvalue weighted by Gasteiger charge is 2.03. The van der Waals surface area contributed by atoms with Gasteiger partial charge in [0.2, 0.25) is 5.91 Å². The lowest BCUT2D eigenvalue weighted by Gasteiger charge is -2.16. The first-order chi connectivity index (χ1) is 15.6. The molecule has 0 aliphatic rings. The van der Waals surface area contributed by atoms with E-state index in [1.807, 2.05) is 0 Å². The maximum atomic E-state index is 12.0. The van der Waals surface area contributed by atoms with Gasteiger partial charge in [-0.3, -0.25) is 4.79 Å². The topological polar surface area (TPSA) is 32.3 Å². The van der Waals surface area contributed by atoms with E-state index in [0.717, 1.165) is 38.4 Å². The zero-order valence-electron chi connectivity index (χ0n) is 21.5. The number of carbonyl (C=O) groups is 1. The van der Waals surface area contributed by atoms with Crippen LogP contribution in [0, 0.1) is 5.92 Å². The van der Waals surface area contributed by atoms with Crippen LogP contribution in [-0.2, 0) is 11.3 Å². The van der Waals surface area contributed by atoms with Crippen LogP contribution in [0.25, 0.3) is 0 Å². The van der Waals surface area contributed by atoms with Crippen LogP contribution in [0.1, 0.15) is 116 Å². The highest BCUT2D eigenvalue weighted by molar-refractivity contribution is 5.75. The Morgan fingerprint density at radius 2 is 1.31 bits per heavy atom. The molecule has 1 aromatic carbocycles. The Morgan fingerprint density at radius 3 is 1.88 bits per heavy atom. The van der Waals surface area contributed by atoms with E-state index in [1.54, 1.807) is 0 Å². The minimum atomic E-state index is 0.226. The van der Waals surface area contributed by atoms with Crippen molar-refractivity contribution in [1.82, 2.24) is 10.2 Å². The Morgan fingerprint density at radius 1 is 0.781 bits per heavy atom. The number of rotatable bonds is 21. The second kappa shape index (κ2) is 20.3. The van der Waals surface area contributed by atoms with E-state index in [2.05, 4.69) is 61.4 Å². The average Bonchev–Trinajstić information content (AvgIpc) is 2.77. The van der Waals surface area contributed by atoms with E-state index in [9.17, 15) is 4.79 Å². The molecule has 0 fully saturated rings. The molecule has 3 heteroatoms. The zero-order chi connectivity index (χ0) is 23.3. The number of nitrogens with zero attached hydrogens (tertiary/aromatic N) is 1. The fourth-order valence-electron chi connectivity index (χ4n) is 4.25. The molecule has 0 spiro atoms. The molecule has 0 radical (unpaired) electrons. The molecule has 0 saturated heterocycles. The third-order valence-electron chi connectivity index (χ3n) is 6.27. The molecule has 32 heavy (non-hydrogen) atoms.